The smallest absolute Gasteiger partial charge is 0.258 e. The number of aliphatic imine (C=N–C) groups is 1. The molecule has 1 saturated heterocycles. The van der Waals surface area contributed by atoms with E-state index in [9.17, 15) is 4.79 Å². The van der Waals surface area contributed by atoms with Crippen molar-refractivity contribution >= 4 is 34.0 Å². The molecule has 1 fully saturated rings. The van der Waals surface area contributed by atoms with Crippen molar-refractivity contribution in [2.75, 3.05) is 50.0 Å². The minimum Gasteiger partial charge on any atom is -0.457 e. The molecule has 1 amide bonds. The van der Waals surface area contributed by atoms with Crippen molar-refractivity contribution in [1.82, 2.24) is 15.2 Å². The maximum atomic E-state index is 15.5. The van der Waals surface area contributed by atoms with E-state index in [-0.39, 0.29) is 23.1 Å². The molecule has 3 N–H and O–H groups in total. The first-order valence-corrected chi connectivity index (χ1v) is 13.9. The predicted molar refractivity (Wildman–Crippen MR) is 159 cm³/mol. The fourth-order valence-electron chi connectivity index (χ4n) is 5.22. The number of likely N-dealkylation sites (N-methyl/N-ethyl adjacent to an activating group) is 2. The van der Waals surface area contributed by atoms with Crippen LogP contribution in [-0.4, -0.2) is 61.4 Å². The molecule has 5 rings (SSSR count). The molecule has 2 aromatic carbocycles. The van der Waals surface area contributed by atoms with Crippen molar-refractivity contribution in [2.24, 2.45) is 10.9 Å². The number of hydrogen-bond acceptors (Lipinski definition) is 6. The van der Waals surface area contributed by atoms with Crippen molar-refractivity contribution in [3.63, 3.8) is 0 Å². The summed E-state index contributed by atoms with van der Waals surface area (Å²) in [5, 5.41) is 6.47. The second kappa shape index (κ2) is 12.0. The summed E-state index contributed by atoms with van der Waals surface area (Å²) < 4.78 is 21.7. The number of H-pyrrole nitrogens is 1. The van der Waals surface area contributed by atoms with Gasteiger partial charge in [0, 0.05) is 73.3 Å². The number of benzene rings is 2. The topological polar surface area (TPSA) is 85.0 Å². The van der Waals surface area contributed by atoms with Gasteiger partial charge >= 0.3 is 0 Å². The Morgan fingerprint density at radius 3 is 2.60 bits per heavy atom. The molecule has 1 unspecified atom stereocenters. The second-order valence-corrected chi connectivity index (χ2v) is 10.3. The number of nitrogens with zero attached hydrogens (tertiary/aromatic N) is 3. The van der Waals surface area contributed by atoms with Gasteiger partial charge < -0.3 is 30.2 Å². The Kier molecular flexibility index (Phi) is 8.21. The van der Waals surface area contributed by atoms with E-state index in [1.165, 1.54) is 0 Å². The average Bonchev–Trinajstić information content (AvgIpc) is 3.36. The first-order valence-electron chi connectivity index (χ1n) is 13.9. The van der Waals surface area contributed by atoms with Gasteiger partial charge in [-0.2, -0.15) is 0 Å². The molecular weight excluding hydrogens is 507 g/mol. The minimum atomic E-state index is -0.475. The van der Waals surface area contributed by atoms with Gasteiger partial charge in [0.15, 0.2) is 11.6 Å². The van der Waals surface area contributed by atoms with Gasteiger partial charge in [-0.1, -0.05) is 19.9 Å². The first-order chi connectivity index (χ1) is 19.4. The van der Waals surface area contributed by atoms with Crippen molar-refractivity contribution < 1.29 is 13.9 Å². The molecule has 40 heavy (non-hydrogen) atoms. The van der Waals surface area contributed by atoms with E-state index in [1.54, 1.807) is 31.4 Å². The molecule has 1 aromatic heterocycles. The zero-order valence-electron chi connectivity index (χ0n) is 23.6. The number of fused-ring (bicyclic) bond motifs is 1. The van der Waals surface area contributed by atoms with Gasteiger partial charge in [0.05, 0.1) is 0 Å². The Morgan fingerprint density at radius 2 is 1.90 bits per heavy atom. The van der Waals surface area contributed by atoms with Crippen LogP contribution in [0.3, 0.4) is 0 Å². The fourth-order valence-corrected chi connectivity index (χ4v) is 5.22. The lowest BCUT2D eigenvalue weighted by atomic mass is 9.98. The van der Waals surface area contributed by atoms with Crippen LogP contribution in [0.2, 0.25) is 0 Å². The molecule has 3 heterocycles. The SMILES string of the molecule is CCN1CCN(c2ccc(NC3=N/C=C/CC(C)/C(Oc4ccc5[nH]c(C)cc5c4F)=C\3C(=O)NC)cc2)CC1. The van der Waals surface area contributed by atoms with E-state index in [1.807, 2.05) is 32.1 Å². The number of aromatic amines is 1. The van der Waals surface area contributed by atoms with Crippen molar-refractivity contribution in [1.29, 1.82) is 0 Å². The summed E-state index contributed by atoms with van der Waals surface area (Å²) in [4.78, 5) is 25.8. The van der Waals surface area contributed by atoms with Crippen molar-refractivity contribution in [2.45, 2.75) is 27.2 Å². The number of amides is 1. The molecule has 210 valence electrons. The molecule has 1 atom stereocenters. The van der Waals surface area contributed by atoms with E-state index < -0.39 is 5.82 Å². The lowest BCUT2D eigenvalue weighted by Gasteiger charge is -2.35. The molecule has 9 heteroatoms. The summed E-state index contributed by atoms with van der Waals surface area (Å²) in [6, 6.07) is 13.3. The summed E-state index contributed by atoms with van der Waals surface area (Å²) in [6.07, 6.45) is 4.19. The van der Waals surface area contributed by atoms with Crippen LogP contribution in [0, 0.1) is 18.7 Å². The standard InChI is InChI=1S/C31H37FN6O2/c1-5-37-15-17-38(18-16-37)23-10-8-22(9-11-23)36-30-27(31(39)33-4)29(20(2)7-6-14-34-30)40-26-13-12-25-24(28(26)32)19-21(3)35-25/h6,8-14,19-20,35H,5,7,15-18H2,1-4H3,(H,33,39)(H,34,36)/b14-6+,29-27-. The highest BCUT2D eigenvalue weighted by atomic mass is 19.1. The Labute approximate surface area is 234 Å². The number of aromatic nitrogens is 1. The Bertz CT molecular complexity index is 1460. The van der Waals surface area contributed by atoms with Crippen LogP contribution in [0.5, 0.6) is 5.75 Å². The van der Waals surface area contributed by atoms with E-state index in [0.29, 0.717) is 28.9 Å². The summed E-state index contributed by atoms with van der Waals surface area (Å²) in [7, 11) is 1.56. The van der Waals surface area contributed by atoms with Crippen LogP contribution >= 0.6 is 0 Å². The number of piperazine rings is 1. The van der Waals surface area contributed by atoms with Crippen LogP contribution < -0.4 is 20.3 Å². The van der Waals surface area contributed by atoms with Crippen molar-refractivity contribution in [3.8, 4) is 5.75 Å². The third-order valence-corrected chi connectivity index (χ3v) is 7.56. The molecule has 2 aliphatic heterocycles. The van der Waals surface area contributed by atoms with Gasteiger partial charge in [0.1, 0.15) is 17.2 Å². The first kappa shape index (κ1) is 27.5. The van der Waals surface area contributed by atoms with Crippen LogP contribution in [0.25, 0.3) is 10.9 Å². The quantitative estimate of drug-likeness (QED) is 0.397. The summed E-state index contributed by atoms with van der Waals surface area (Å²) in [6.45, 7) is 11.2. The fraction of sp³-hybridized carbons (Fsp3) is 0.355. The zero-order chi connectivity index (χ0) is 28.2. The summed E-state index contributed by atoms with van der Waals surface area (Å²) in [5.41, 5.74) is 3.73. The Balaban J connectivity index is 1.46. The molecule has 2 aliphatic rings. The maximum absolute atomic E-state index is 15.5. The van der Waals surface area contributed by atoms with E-state index in [0.717, 1.165) is 49.8 Å². The van der Waals surface area contributed by atoms with Gasteiger partial charge in [-0.25, -0.2) is 9.38 Å². The Hall–Kier alpha value is -4.11. The largest absolute Gasteiger partial charge is 0.457 e. The van der Waals surface area contributed by atoms with Crippen LogP contribution in [0.1, 0.15) is 26.0 Å². The van der Waals surface area contributed by atoms with Crippen molar-refractivity contribution in [3.05, 3.63) is 77.6 Å². The maximum Gasteiger partial charge on any atom is 0.258 e. The highest BCUT2D eigenvalue weighted by Gasteiger charge is 2.28. The number of hydrogen-bond donors (Lipinski definition) is 3. The number of halogens is 1. The molecule has 0 bridgehead atoms. The summed E-state index contributed by atoms with van der Waals surface area (Å²) in [5.74, 6) is -0.300. The third kappa shape index (κ3) is 5.74. The lowest BCUT2D eigenvalue weighted by molar-refractivity contribution is -0.116. The van der Waals surface area contributed by atoms with Gasteiger partial charge in [-0.05, 0) is 62.4 Å². The van der Waals surface area contributed by atoms with Crippen LogP contribution in [0.4, 0.5) is 15.8 Å². The molecule has 0 spiro atoms. The number of nitrogens with one attached hydrogen (secondary N) is 3. The normalized spacial score (nSPS) is 22.3. The molecular formula is C31H37FN6O2. The molecule has 0 radical (unpaired) electrons. The van der Waals surface area contributed by atoms with E-state index in [2.05, 4.69) is 49.5 Å². The molecule has 8 nitrogen and oxygen atoms in total. The Morgan fingerprint density at radius 1 is 1.15 bits per heavy atom. The van der Waals surface area contributed by atoms with Gasteiger partial charge in [-0.3, -0.25) is 4.79 Å². The second-order valence-electron chi connectivity index (χ2n) is 10.3. The van der Waals surface area contributed by atoms with E-state index >= 15 is 4.39 Å². The van der Waals surface area contributed by atoms with Gasteiger partial charge in [-0.15, -0.1) is 0 Å². The number of allylic oxidation sites excluding steroid dienone is 2. The van der Waals surface area contributed by atoms with Gasteiger partial charge in [0.25, 0.3) is 5.91 Å². The third-order valence-electron chi connectivity index (χ3n) is 7.56. The molecule has 0 aliphatic carbocycles. The lowest BCUT2D eigenvalue weighted by Crippen LogP contribution is -2.46. The summed E-state index contributed by atoms with van der Waals surface area (Å²) >= 11 is 0. The number of carbonyl (C=O) groups is 1. The molecule has 3 aromatic rings. The highest BCUT2D eigenvalue weighted by molar-refractivity contribution is 6.25. The minimum absolute atomic E-state index is 0.0613. The van der Waals surface area contributed by atoms with Crippen LogP contribution in [0.15, 0.2) is 71.1 Å². The number of carbonyl (C=O) groups excluding carboxylic acids is 1. The highest BCUT2D eigenvalue weighted by Crippen LogP contribution is 2.32. The average molecular weight is 545 g/mol. The van der Waals surface area contributed by atoms with Crippen LogP contribution in [-0.2, 0) is 4.79 Å². The predicted octanol–water partition coefficient (Wildman–Crippen LogP) is 5.20. The zero-order valence-corrected chi connectivity index (χ0v) is 23.6. The number of ether oxygens (including phenoxy) is 1. The van der Waals surface area contributed by atoms with Gasteiger partial charge in [0.2, 0.25) is 0 Å². The number of amidine groups is 1. The monoisotopic (exact) mass is 544 g/mol. The number of aryl methyl sites for hydroxylation is 1. The number of anilines is 2. The van der Waals surface area contributed by atoms with E-state index in [4.69, 9.17) is 4.74 Å². The number of rotatable bonds is 6. The molecule has 0 saturated carbocycles.